The molecule has 2 atom stereocenters. The minimum Gasteiger partial charge on any atom is -0.352 e. The largest absolute Gasteiger partial charge is 0.352 e. The zero-order valence-corrected chi connectivity index (χ0v) is 10.8. The number of fused-ring (bicyclic) bond motifs is 1. The van der Waals surface area contributed by atoms with Gasteiger partial charge in [0.15, 0.2) is 0 Å². The van der Waals surface area contributed by atoms with Crippen LogP contribution in [0.2, 0.25) is 0 Å². The number of nitrogens with one attached hydrogen (secondary N) is 2. The molecule has 1 aromatic rings. The SMILES string of the molecule is C=CCC(C)NC(=O)[C@H]1Cc2ccccc2CN1. The second-order valence-corrected chi connectivity index (χ2v) is 4.84. The first-order valence-electron chi connectivity index (χ1n) is 6.42. The van der Waals surface area contributed by atoms with Crippen molar-refractivity contribution >= 4 is 5.91 Å². The van der Waals surface area contributed by atoms with Gasteiger partial charge in [0.25, 0.3) is 0 Å². The topological polar surface area (TPSA) is 41.1 Å². The highest BCUT2D eigenvalue weighted by Gasteiger charge is 2.24. The molecule has 18 heavy (non-hydrogen) atoms. The molecular formula is C15H20N2O. The molecule has 0 spiro atoms. The summed E-state index contributed by atoms with van der Waals surface area (Å²) in [7, 11) is 0. The third kappa shape index (κ3) is 2.99. The Morgan fingerprint density at radius 1 is 1.56 bits per heavy atom. The van der Waals surface area contributed by atoms with Gasteiger partial charge in [-0.3, -0.25) is 4.79 Å². The lowest BCUT2D eigenvalue weighted by Gasteiger charge is -2.26. The first-order valence-corrected chi connectivity index (χ1v) is 6.42. The molecule has 1 aliphatic heterocycles. The van der Waals surface area contributed by atoms with Crippen molar-refractivity contribution in [3.05, 3.63) is 48.0 Å². The number of carbonyl (C=O) groups excluding carboxylic acids is 1. The Morgan fingerprint density at radius 3 is 3.00 bits per heavy atom. The van der Waals surface area contributed by atoms with Crippen molar-refractivity contribution in [2.45, 2.75) is 38.4 Å². The van der Waals surface area contributed by atoms with E-state index >= 15 is 0 Å². The van der Waals surface area contributed by atoms with Crippen LogP contribution in [0.1, 0.15) is 24.5 Å². The number of rotatable bonds is 4. The van der Waals surface area contributed by atoms with Crippen LogP contribution in [0.5, 0.6) is 0 Å². The highest BCUT2D eigenvalue weighted by Crippen LogP contribution is 2.16. The smallest absolute Gasteiger partial charge is 0.237 e. The molecule has 3 nitrogen and oxygen atoms in total. The molecule has 2 rings (SSSR count). The Labute approximate surface area is 108 Å². The molecule has 1 heterocycles. The summed E-state index contributed by atoms with van der Waals surface area (Å²) in [5.41, 5.74) is 2.56. The normalized spacial score (nSPS) is 19.7. The van der Waals surface area contributed by atoms with Crippen LogP contribution in [0.4, 0.5) is 0 Å². The van der Waals surface area contributed by atoms with E-state index in [1.165, 1.54) is 11.1 Å². The van der Waals surface area contributed by atoms with Crippen LogP contribution in [-0.2, 0) is 17.8 Å². The molecule has 1 aliphatic rings. The lowest BCUT2D eigenvalue weighted by Crippen LogP contribution is -2.49. The molecule has 0 saturated carbocycles. The Balaban J connectivity index is 1.96. The lowest BCUT2D eigenvalue weighted by molar-refractivity contribution is -0.123. The molecule has 1 amide bonds. The molecule has 0 fully saturated rings. The van der Waals surface area contributed by atoms with E-state index in [0.29, 0.717) is 0 Å². The predicted molar refractivity (Wildman–Crippen MR) is 73.2 cm³/mol. The Hall–Kier alpha value is -1.61. The van der Waals surface area contributed by atoms with E-state index in [2.05, 4.69) is 29.3 Å². The maximum Gasteiger partial charge on any atom is 0.237 e. The van der Waals surface area contributed by atoms with E-state index in [0.717, 1.165) is 19.4 Å². The molecule has 1 aromatic carbocycles. The van der Waals surface area contributed by atoms with Crippen LogP contribution in [0, 0.1) is 0 Å². The molecule has 3 heteroatoms. The van der Waals surface area contributed by atoms with Crippen LogP contribution in [0.3, 0.4) is 0 Å². The van der Waals surface area contributed by atoms with Gasteiger partial charge in [-0.1, -0.05) is 30.3 Å². The number of carbonyl (C=O) groups is 1. The van der Waals surface area contributed by atoms with Crippen molar-refractivity contribution in [2.24, 2.45) is 0 Å². The molecule has 0 aliphatic carbocycles. The zero-order valence-electron chi connectivity index (χ0n) is 10.8. The summed E-state index contributed by atoms with van der Waals surface area (Å²) in [6.45, 7) is 6.45. The first kappa shape index (κ1) is 12.8. The van der Waals surface area contributed by atoms with Gasteiger partial charge in [0.05, 0.1) is 6.04 Å². The van der Waals surface area contributed by atoms with Gasteiger partial charge < -0.3 is 10.6 Å². The van der Waals surface area contributed by atoms with Gasteiger partial charge in [-0.2, -0.15) is 0 Å². The maximum atomic E-state index is 12.1. The fraction of sp³-hybridized carbons (Fsp3) is 0.400. The molecule has 1 unspecified atom stereocenters. The van der Waals surface area contributed by atoms with Crippen molar-refractivity contribution in [1.29, 1.82) is 0 Å². The van der Waals surface area contributed by atoms with Gasteiger partial charge in [-0.05, 0) is 30.9 Å². The van der Waals surface area contributed by atoms with Gasteiger partial charge in [0, 0.05) is 12.6 Å². The molecule has 0 aromatic heterocycles. The molecule has 0 saturated heterocycles. The van der Waals surface area contributed by atoms with Crippen molar-refractivity contribution in [2.75, 3.05) is 0 Å². The minimum atomic E-state index is -0.118. The lowest BCUT2D eigenvalue weighted by atomic mass is 9.95. The minimum absolute atomic E-state index is 0.0823. The maximum absolute atomic E-state index is 12.1. The third-order valence-electron chi connectivity index (χ3n) is 3.31. The summed E-state index contributed by atoms with van der Waals surface area (Å²) in [6.07, 6.45) is 3.40. The highest BCUT2D eigenvalue weighted by molar-refractivity contribution is 5.82. The summed E-state index contributed by atoms with van der Waals surface area (Å²) in [4.78, 5) is 12.1. The number of hydrogen-bond acceptors (Lipinski definition) is 2. The average molecular weight is 244 g/mol. The van der Waals surface area contributed by atoms with Gasteiger partial charge in [0.2, 0.25) is 5.91 Å². The van der Waals surface area contributed by atoms with Crippen molar-refractivity contribution in [3.8, 4) is 0 Å². The van der Waals surface area contributed by atoms with Gasteiger partial charge in [-0.25, -0.2) is 0 Å². The molecule has 0 bridgehead atoms. The monoisotopic (exact) mass is 244 g/mol. The fourth-order valence-corrected chi connectivity index (χ4v) is 2.29. The summed E-state index contributed by atoms with van der Waals surface area (Å²) in [5.74, 6) is 0.0823. The quantitative estimate of drug-likeness (QED) is 0.793. The standard InChI is InChI=1S/C15H20N2O/c1-3-6-11(2)17-15(18)14-9-12-7-4-5-8-13(12)10-16-14/h3-5,7-8,11,14,16H,1,6,9-10H2,2H3,(H,17,18)/t11?,14-/m1/s1. The average Bonchev–Trinajstić information content (AvgIpc) is 2.38. The summed E-state index contributed by atoms with van der Waals surface area (Å²) in [6, 6.07) is 8.30. The summed E-state index contributed by atoms with van der Waals surface area (Å²) in [5, 5.41) is 6.29. The Morgan fingerprint density at radius 2 is 2.28 bits per heavy atom. The molecule has 2 N–H and O–H groups in total. The number of benzene rings is 1. The van der Waals surface area contributed by atoms with E-state index in [9.17, 15) is 4.79 Å². The van der Waals surface area contributed by atoms with Crippen molar-refractivity contribution in [1.82, 2.24) is 10.6 Å². The van der Waals surface area contributed by atoms with Crippen LogP contribution < -0.4 is 10.6 Å². The summed E-state index contributed by atoms with van der Waals surface area (Å²) >= 11 is 0. The van der Waals surface area contributed by atoms with Crippen LogP contribution in [0.15, 0.2) is 36.9 Å². The zero-order chi connectivity index (χ0) is 13.0. The van der Waals surface area contributed by atoms with Crippen LogP contribution >= 0.6 is 0 Å². The first-order chi connectivity index (χ1) is 8.70. The third-order valence-corrected chi connectivity index (χ3v) is 3.31. The van der Waals surface area contributed by atoms with Gasteiger partial charge in [-0.15, -0.1) is 6.58 Å². The van der Waals surface area contributed by atoms with Crippen molar-refractivity contribution < 1.29 is 4.79 Å². The van der Waals surface area contributed by atoms with Crippen LogP contribution in [0.25, 0.3) is 0 Å². The molecule has 0 radical (unpaired) electrons. The van der Waals surface area contributed by atoms with E-state index < -0.39 is 0 Å². The van der Waals surface area contributed by atoms with Crippen molar-refractivity contribution in [3.63, 3.8) is 0 Å². The number of hydrogen-bond donors (Lipinski definition) is 2. The predicted octanol–water partition coefficient (Wildman–Crippen LogP) is 1.78. The second kappa shape index (κ2) is 5.83. The van der Waals surface area contributed by atoms with Gasteiger partial charge >= 0.3 is 0 Å². The Kier molecular flexibility index (Phi) is 4.15. The van der Waals surface area contributed by atoms with E-state index in [-0.39, 0.29) is 18.0 Å². The second-order valence-electron chi connectivity index (χ2n) is 4.84. The molecule has 96 valence electrons. The van der Waals surface area contributed by atoms with E-state index in [1.54, 1.807) is 0 Å². The summed E-state index contributed by atoms with van der Waals surface area (Å²) < 4.78 is 0. The van der Waals surface area contributed by atoms with Crippen LogP contribution in [-0.4, -0.2) is 18.0 Å². The van der Waals surface area contributed by atoms with E-state index in [1.807, 2.05) is 25.1 Å². The molecular weight excluding hydrogens is 224 g/mol. The highest BCUT2D eigenvalue weighted by atomic mass is 16.2. The Bertz CT molecular complexity index is 442. The fourth-order valence-electron chi connectivity index (χ4n) is 2.29. The van der Waals surface area contributed by atoms with E-state index in [4.69, 9.17) is 0 Å². The number of amides is 1. The van der Waals surface area contributed by atoms with Gasteiger partial charge in [0.1, 0.15) is 0 Å².